The Morgan fingerprint density at radius 3 is 2.72 bits per heavy atom. The topological polar surface area (TPSA) is 21.3 Å². The lowest BCUT2D eigenvalue weighted by atomic mass is 10.2. The lowest BCUT2D eigenvalue weighted by Gasteiger charge is -2.08. The predicted octanol–water partition coefficient (Wildman–Crippen LogP) is 4.10. The Balaban J connectivity index is 2.04. The standard InChI is InChI=1S/C14H13ClFNO/c1-18-14-6-5-10(7-13(14)15)9-17-12-4-2-3-11(16)8-12/h2-8,17H,9H2,1H3. The highest BCUT2D eigenvalue weighted by molar-refractivity contribution is 6.32. The summed E-state index contributed by atoms with van der Waals surface area (Å²) < 4.78 is 18.1. The molecule has 2 aromatic rings. The molecular weight excluding hydrogens is 253 g/mol. The van der Waals surface area contributed by atoms with Crippen LogP contribution in [-0.2, 0) is 6.54 Å². The average molecular weight is 266 g/mol. The van der Waals surface area contributed by atoms with Gasteiger partial charge in [0.15, 0.2) is 0 Å². The number of benzene rings is 2. The zero-order valence-corrected chi connectivity index (χ0v) is 10.7. The molecule has 2 aromatic carbocycles. The second-order valence-electron chi connectivity index (χ2n) is 3.83. The third kappa shape index (κ3) is 3.14. The van der Waals surface area contributed by atoms with E-state index in [1.165, 1.54) is 12.1 Å². The van der Waals surface area contributed by atoms with Crippen molar-refractivity contribution in [3.05, 3.63) is 58.9 Å². The first-order valence-corrected chi connectivity index (χ1v) is 5.88. The molecule has 0 aromatic heterocycles. The normalized spacial score (nSPS) is 10.2. The average Bonchev–Trinajstić information content (AvgIpc) is 2.37. The van der Waals surface area contributed by atoms with Gasteiger partial charge in [0.05, 0.1) is 12.1 Å². The van der Waals surface area contributed by atoms with E-state index in [0.29, 0.717) is 17.3 Å². The van der Waals surface area contributed by atoms with Crippen molar-refractivity contribution in [3.8, 4) is 5.75 Å². The van der Waals surface area contributed by atoms with E-state index in [0.717, 1.165) is 11.3 Å². The summed E-state index contributed by atoms with van der Waals surface area (Å²) in [7, 11) is 1.58. The molecule has 0 radical (unpaired) electrons. The quantitative estimate of drug-likeness (QED) is 0.899. The molecule has 0 aliphatic heterocycles. The highest BCUT2D eigenvalue weighted by Crippen LogP contribution is 2.25. The Morgan fingerprint density at radius 2 is 2.06 bits per heavy atom. The summed E-state index contributed by atoms with van der Waals surface area (Å²) in [5.74, 6) is 0.388. The lowest BCUT2D eigenvalue weighted by Crippen LogP contribution is -1.99. The molecule has 94 valence electrons. The van der Waals surface area contributed by atoms with Crippen LogP contribution < -0.4 is 10.1 Å². The van der Waals surface area contributed by atoms with E-state index in [9.17, 15) is 4.39 Å². The van der Waals surface area contributed by atoms with Gasteiger partial charge in [-0.3, -0.25) is 0 Å². The number of halogens is 2. The Morgan fingerprint density at radius 1 is 1.22 bits per heavy atom. The zero-order chi connectivity index (χ0) is 13.0. The van der Waals surface area contributed by atoms with Gasteiger partial charge < -0.3 is 10.1 Å². The summed E-state index contributed by atoms with van der Waals surface area (Å²) in [5, 5.41) is 3.69. The van der Waals surface area contributed by atoms with Gasteiger partial charge in [-0.05, 0) is 35.9 Å². The molecule has 1 N–H and O–H groups in total. The number of ether oxygens (including phenoxy) is 1. The number of methoxy groups -OCH3 is 1. The van der Waals surface area contributed by atoms with Crippen LogP contribution in [0.4, 0.5) is 10.1 Å². The fourth-order valence-electron chi connectivity index (χ4n) is 1.62. The summed E-state index contributed by atoms with van der Waals surface area (Å²) in [6.45, 7) is 0.577. The zero-order valence-electron chi connectivity index (χ0n) is 9.91. The molecule has 0 unspecified atom stereocenters. The molecule has 2 rings (SSSR count). The van der Waals surface area contributed by atoms with Gasteiger partial charge in [-0.2, -0.15) is 0 Å². The van der Waals surface area contributed by atoms with Crippen LogP contribution in [0.25, 0.3) is 0 Å². The fourth-order valence-corrected chi connectivity index (χ4v) is 1.90. The van der Waals surface area contributed by atoms with Gasteiger partial charge in [-0.25, -0.2) is 4.39 Å². The number of hydrogen-bond acceptors (Lipinski definition) is 2. The van der Waals surface area contributed by atoms with Crippen molar-refractivity contribution in [1.82, 2.24) is 0 Å². The van der Waals surface area contributed by atoms with Crippen LogP contribution in [0.3, 0.4) is 0 Å². The third-order valence-electron chi connectivity index (χ3n) is 2.54. The number of rotatable bonds is 4. The van der Waals surface area contributed by atoms with Crippen molar-refractivity contribution in [2.45, 2.75) is 6.54 Å². The highest BCUT2D eigenvalue weighted by atomic mass is 35.5. The van der Waals surface area contributed by atoms with Crippen LogP contribution in [0, 0.1) is 5.82 Å². The molecule has 0 spiro atoms. The van der Waals surface area contributed by atoms with Crippen LogP contribution in [0.1, 0.15) is 5.56 Å². The smallest absolute Gasteiger partial charge is 0.137 e. The number of anilines is 1. The summed E-state index contributed by atoms with van der Waals surface area (Å²) >= 11 is 6.02. The second-order valence-corrected chi connectivity index (χ2v) is 4.24. The van der Waals surface area contributed by atoms with Crippen molar-refractivity contribution in [2.24, 2.45) is 0 Å². The van der Waals surface area contributed by atoms with E-state index in [1.54, 1.807) is 13.2 Å². The van der Waals surface area contributed by atoms with Gasteiger partial charge in [0, 0.05) is 12.2 Å². The maximum Gasteiger partial charge on any atom is 0.137 e. The monoisotopic (exact) mass is 265 g/mol. The molecule has 18 heavy (non-hydrogen) atoms. The first kappa shape index (κ1) is 12.7. The van der Waals surface area contributed by atoms with Crippen molar-refractivity contribution in [3.63, 3.8) is 0 Å². The van der Waals surface area contributed by atoms with Gasteiger partial charge >= 0.3 is 0 Å². The van der Waals surface area contributed by atoms with E-state index < -0.39 is 0 Å². The lowest BCUT2D eigenvalue weighted by molar-refractivity contribution is 0.415. The molecule has 0 atom stereocenters. The first-order valence-electron chi connectivity index (χ1n) is 5.51. The van der Waals surface area contributed by atoms with Crippen molar-refractivity contribution in [2.75, 3.05) is 12.4 Å². The maximum absolute atomic E-state index is 13.0. The van der Waals surface area contributed by atoms with Crippen LogP contribution in [0.5, 0.6) is 5.75 Å². The molecule has 0 aliphatic carbocycles. The van der Waals surface area contributed by atoms with E-state index in [4.69, 9.17) is 16.3 Å². The Bertz CT molecular complexity index is 545. The van der Waals surface area contributed by atoms with Gasteiger partial charge in [0.1, 0.15) is 11.6 Å². The molecule has 4 heteroatoms. The summed E-state index contributed by atoms with van der Waals surface area (Å²) in [4.78, 5) is 0. The SMILES string of the molecule is COc1ccc(CNc2cccc(F)c2)cc1Cl. The fraction of sp³-hybridized carbons (Fsp3) is 0.143. The van der Waals surface area contributed by atoms with Gasteiger partial charge in [-0.1, -0.05) is 23.7 Å². The van der Waals surface area contributed by atoms with Gasteiger partial charge in [0.25, 0.3) is 0 Å². The molecule has 0 bridgehead atoms. The Labute approximate surface area is 110 Å². The van der Waals surface area contributed by atoms with Gasteiger partial charge in [0.2, 0.25) is 0 Å². The highest BCUT2D eigenvalue weighted by Gasteiger charge is 2.02. The molecule has 0 heterocycles. The minimum atomic E-state index is -0.257. The molecular formula is C14H13ClFNO. The molecule has 0 saturated carbocycles. The largest absolute Gasteiger partial charge is 0.495 e. The molecule has 0 amide bonds. The minimum Gasteiger partial charge on any atom is -0.495 e. The number of nitrogens with one attached hydrogen (secondary N) is 1. The van der Waals surface area contributed by atoms with E-state index in [1.807, 2.05) is 24.3 Å². The molecule has 0 aliphatic rings. The summed E-state index contributed by atoms with van der Waals surface area (Å²) in [6, 6.07) is 11.9. The van der Waals surface area contributed by atoms with Crippen molar-refractivity contribution >= 4 is 17.3 Å². The van der Waals surface area contributed by atoms with Crippen molar-refractivity contribution in [1.29, 1.82) is 0 Å². The van der Waals surface area contributed by atoms with Crippen LogP contribution in [0.15, 0.2) is 42.5 Å². The Hall–Kier alpha value is -1.74. The predicted molar refractivity (Wildman–Crippen MR) is 71.7 cm³/mol. The first-order chi connectivity index (χ1) is 8.69. The van der Waals surface area contributed by atoms with E-state index >= 15 is 0 Å². The minimum absolute atomic E-state index is 0.257. The third-order valence-corrected chi connectivity index (χ3v) is 2.83. The maximum atomic E-state index is 13.0. The Kier molecular flexibility index (Phi) is 4.05. The number of hydrogen-bond donors (Lipinski definition) is 1. The van der Waals surface area contributed by atoms with Crippen molar-refractivity contribution < 1.29 is 9.13 Å². The molecule has 2 nitrogen and oxygen atoms in total. The molecule has 0 fully saturated rings. The second kappa shape index (κ2) is 5.74. The van der Waals surface area contributed by atoms with Crippen LogP contribution >= 0.6 is 11.6 Å². The summed E-state index contributed by atoms with van der Waals surface area (Å²) in [6.07, 6.45) is 0. The van der Waals surface area contributed by atoms with Gasteiger partial charge in [-0.15, -0.1) is 0 Å². The van der Waals surface area contributed by atoms with Crippen LogP contribution in [0.2, 0.25) is 5.02 Å². The van der Waals surface area contributed by atoms with E-state index in [2.05, 4.69) is 5.32 Å². The molecule has 0 saturated heterocycles. The summed E-state index contributed by atoms with van der Waals surface area (Å²) in [5.41, 5.74) is 1.74. The van der Waals surface area contributed by atoms with E-state index in [-0.39, 0.29) is 5.82 Å². The van der Waals surface area contributed by atoms with Crippen LogP contribution in [-0.4, -0.2) is 7.11 Å².